The smallest absolute Gasteiger partial charge is 0.374 e. The third kappa shape index (κ3) is 11.5. The van der Waals surface area contributed by atoms with Crippen LogP contribution in [0.4, 0.5) is 4.79 Å². The van der Waals surface area contributed by atoms with Crippen molar-refractivity contribution in [2.24, 2.45) is 0 Å². The van der Waals surface area contributed by atoms with Gasteiger partial charge < -0.3 is 23.9 Å². The number of thioether (sulfide) groups is 1. The highest BCUT2D eigenvalue weighted by atomic mass is 32.2. The Morgan fingerprint density at radius 2 is 1.48 bits per heavy atom. The average molecular weight is 367 g/mol. The number of rotatable bonds is 13. The number of carbonyl (C=O) groups excluding carboxylic acids is 2. The molecule has 0 aromatic carbocycles. The molecule has 0 heterocycles. The SMILES string of the molecule is CCO[Si](CCCNC(=O)NCCSC(C)=O)(OCC)OCC. The maximum atomic E-state index is 11.6. The Kier molecular flexibility index (Phi) is 13.4. The molecule has 2 amide bonds. The Balaban J connectivity index is 3.99. The van der Waals surface area contributed by atoms with Gasteiger partial charge in [0, 0.05) is 51.6 Å². The van der Waals surface area contributed by atoms with E-state index in [9.17, 15) is 9.59 Å². The average Bonchev–Trinajstić information content (AvgIpc) is 2.49. The third-order valence-corrected chi connectivity index (χ3v) is 6.70. The van der Waals surface area contributed by atoms with E-state index < -0.39 is 8.80 Å². The van der Waals surface area contributed by atoms with E-state index in [-0.39, 0.29) is 11.1 Å². The molecule has 7 nitrogen and oxygen atoms in total. The molecule has 0 aliphatic heterocycles. The van der Waals surface area contributed by atoms with Crippen molar-refractivity contribution < 1.29 is 22.9 Å². The van der Waals surface area contributed by atoms with Crippen molar-refractivity contribution in [2.45, 2.75) is 40.2 Å². The molecule has 0 spiro atoms. The van der Waals surface area contributed by atoms with Gasteiger partial charge in [0.2, 0.25) is 0 Å². The fraction of sp³-hybridized carbons (Fsp3) is 0.857. The summed E-state index contributed by atoms with van der Waals surface area (Å²) in [6, 6.07) is 0.439. The van der Waals surface area contributed by atoms with Crippen LogP contribution in [0.1, 0.15) is 34.1 Å². The van der Waals surface area contributed by atoms with Gasteiger partial charge in [-0.1, -0.05) is 11.8 Å². The minimum absolute atomic E-state index is 0.0521. The molecule has 0 rings (SSSR count). The first-order valence-corrected chi connectivity index (χ1v) is 11.0. The zero-order valence-corrected chi connectivity index (χ0v) is 16.4. The van der Waals surface area contributed by atoms with E-state index in [0.29, 0.717) is 44.7 Å². The molecule has 0 aliphatic rings. The Morgan fingerprint density at radius 1 is 0.957 bits per heavy atom. The predicted molar refractivity (Wildman–Crippen MR) is 94.6 cm³/mol. The summed E-state index contributed by atoms with van der Waals surface area (Å²) in [4.78, 5) is 22.3. The summed E-state index contributed by atoms with van der Waals surface area (Å²) in [5.74, 6) is 0.581. The van der Waals surface area contributed by atoms with E-state index in [1.54, 1.807) is 0 Å². The van der Waals surface area contributed by atoms with E-state index in [1.165, 1.54) is 18.7 Å². The molecule has 0 atom stereocenters. The zero-order chi connectivity index (χ0) is 17.6. The van der Waals surface area contributed by atoms with Gasteiger partial charge in [0.05, 0.1) is 0 Å². The summed E-state index contributed by atoms with van der Waals surface area (Å²) in [6.07, 6.45) is 0.724. The van der Waals surface area contributed by atoms with Crippen LogP contribution in [0.15, 0.2) is 0 Å². The van der Waals surface area contributed by atoms with E-state index in [2.05, 4.69) is 10.6 Å². The first-order valence-electron chi connectivity index (χ1n) is 8.06. The Hall–Kier alpha value is -0.613. The summed E-state index contributed by atoms with van der Waals surface area (Å²) >= 11 is 1.20. The molecule has 23 heavy (non-hydrogen) atoms. The topological polar surface area (TPSA) is 85.9 Å². The van der Waals surface area contributed by atoms with Crippen molar-refractivity contribution in [3.05, 3.63) is 0 Å². The Bertz CT molecular complexity index is 330. The second-order valence-electron chi connectivity index (χ2n) is 4.61. The van der Waals surface area contributed by atoms with Crippen LogP contribution in [0.5, 0.6) is 0 Å². The van der Waals surface area contributed by atoms with Crippen molar-refractivity contribution >= 4 is 31.7 Å². The van der Waals surface area contributed by atoms with Crippen LogP contribution in [0.2, 0.25) is 6.04 Å². The number of hydrogen-bond donors (Lipinski definition) is 2. The summed E-state index contributed by atoms with van der Waals surface area (Å²) in [7, 11) is -2.62. The molecular weight excluding hydrogens is 336 g/mol. The summed E-state index contributed by atoms with van der Waals surface area (Å²) in [6.45, 7) is 9.91. The van der Waals surface area contributed by atoms with Crippen molar-refractivity contribution in [1.29, 1.82) is 0 Å². The molecule has 0 fully saturated rings. The summed E-state index contributed by atoms with van der Waals surface area (Å²) in [5, 5.41) is 5.54. The molecular formula is C14H30N2O5SSi. The van der Waals surface area contributed by atoms with Crippen LogP contribution in [0.25, 0.3) is 0 Å². The second-order valence-corrected chi connectivity index (χ2v) is 8.61. The molecule has 0 bridgehead atoms. The highest BCUT2D eigenvalue weighted by Gasteiger charge is 2.39. The van der Waals surface area contributed by atoms with Crippen molar-refractivity contribution in [1.82, 2.24) is 10.6 Å². The van der Waals surface area contributed by atoms with Gasteiger partial charge in [-0.25, -0.2) is 4.79 Å². The largest absolute Gasteiger partial charge is 0.500 e. The van der Waals surface area contributed by atoms with Crippen LogP contribution < -0.4 is 10.6 Å². The Morgan fingerprint density at radius 3 is 1.96 bits per heavy atom. The molecule has 0 unspecified atom stereocenters. The summed E-state index contributed by atoms with van der Waals surface area (Å²) in [5.41, 5.74) is 0. The third-order valence-electron chi connectivity index (χ3n) is 2.73. The molecule has 0 aromatic heterocycles. The van der Waals surface area contributed by atoms with Gasteiger partial charge in [-0.2, -0.15) is 0 Å². The lowest BCUT2D eigenvalue weighted by molar-refractivity contribution is -0.109. The van der Waals surface area contributed by atoms with E-state index in [1.807, 2.05) is 20.8 Å². The van der Waals surface area contributed by atoms with Crippen molar-refractivity contribution in [2.75, 3.05) is 38.7 Å². The molecule has 0 aromatic rings. The maximum absolute atomic E-state index is 11.6. The van der Waals surface area contributed by atoms with Crippen LogP contribution in [-0.4, -0.2) is 58.6 Å². The molecule has 9 heteroatoms. The van der Waals surface area contributed by atoms with Gasteiger partial charge in [0.1, 0.15) is 0 Å². The highest BCUT2D eigenvalue weighted by Crippen LogP contribution is 2.17. The molecule has 0 saturated carbocycles. The molecule has 2 N–H and O–H groups in total. The van der Waals surface area contributed by atoms with E-state index >= 15 is 0 Å². The van der Waals surface area contributed by atoms with Gasteiger partial charge in [-0.05, 0) is 27.2 Å². The van der Waals surface area contributed by atoms with Gasteiger partial charge in [-0.15, -0.1) is 0 Å². The lowest BCUT2D eigenvalue weighted by Crippen LogP contribution is -2.46. The van der Waals surface area contributed by atoms with Crippen LogP contribution >= 0.6 is 11.8 Å². The van der Waals surface area contributed by atoms with Crippen LogP contribution in [0.3, 0.4) is 0 Å². The Labute approximate surface area is 144 Å². The van der Waals surface area contributed by atoms with E-state index in [4.69, 9.17) is 13.3 Å². The second kappa shape index (κ2) is 13.8. The highest BCUT2D eigenvalue weighted by molar-refractivity contribution is 8.13. The standard InChI is InChI=1S/C14H30N2O5SSi/c1-5-19-23(20-6-2,21-7-3)12-8-9-15-14(18)16-10-11-22-13(4)17/h5-12H2,1-4H3,(H2,15,16,18). The number of carbonyl (C=O) groups is 2. The fourth-order valence-corrected chi connectivity index (χ4v) is 5.03. The minimum Gasteiger partial charge on any atom is -0.374 e. The number of nitrogens with one attached hydrogen (secondary N) is 2. The first-order chi connectivity index (χ1) is 11.0. The van der Waals surface area contributed by atoms with Crippen molar-refractivity contribution in [3.63, 3.8) is 0 Å². The van der Waals surface area contributed by atoms with Gasteiger partial charge >= 0.3 is 14.8 Å². The molecule has 136 valence electrons. The monoisotopic (exact) mass is 366 g/mol. The van der Waals surface area contributed by atoms with E-state index in [0.717, 1.165) is 6.42 Å². The van der Waals surface area contributed by atoms with Crippen LogP contribution in [-0.2, 0) is 18.1 Å². The van der Waals surface area contributed by atoms with Gasteiger partial charge in [-0.3, -0.25) is 4.79 Å². The summed E-state index contributed by atoms with van der Waals surface area (Å²) < 4.78 is 17.3. The van der Waals surface area contributed by atoms with Crippen molar-refractivity contribution in [3.8, 4) is 0 Å². The predicted octanol–water partition coefficient (Wildman–Crippen LogP) is 2.00. The minimum atomic E-state index is -2.62. The molecule has 0 aliphatic carbocycles. The molecule has 0 radical (unpaired) electrons. The zero-order valence-electron chi connectivity index (χ0n) is 14.6. The first kappa shape index (κ1) is 22.4. The van der Waals surface area contributed by atoms with Crippen LogP contribution in [0, 0.1) is 0 Å². The molecule has 0 saturated heterocycles. The number of urea groups is 1. The normalized spacial score (nSPS) is 11.3. The number of amides is 2. The lowest BCUT2D eigenvalue weighted by Gasteiger charge is -2.28. The quantitative estimate of drug-likeness (QED) is 0.383. The lowest BCUT2D eigenvalue weighted by atomic mass is 10.5. The van der Waals surface area contributed by atoms with Gasteiger partial charge in [0.15, 0.2) is 5.12 Å². The number of hydrogen-bond acceptors (Lipinski definition) is 6. The maximum Gasteiger partial charge on any atom is 0.500 e. The fourth-order valence-electron chi connectivity index (χ4n) is 1.93. The van der Waals surface area contributed by atoms with Gasteiger partial charge in [0.25, 0.3) is 0 Å².